The van der Waals surface area contributed by atoms with Gasteiger partial charge in [0.2, 0.25) is 5.91 Å². The highest BCUT2D eigenvalue weighted by Gasteiger charge is 2.37. The van der Waals surface area contributed by atoms with Crippen LogP contribution in [-0.4, -0.2) is 38.5 Å². The molecule has 0 radical (unpaired) electrons. The fourth-order valence-corrected chi connectivity index (χ4v) is 5.04. The number of halogens is 3. The Labute approximate surface area is 219 Å². The molecule has 1 heterocycles. The second-order valence-electron chi connectivity index (χ2n) is 8.95. The van der Waals surface area contributed by atoms with Gasteiger partial charge in [-0.2, -0.15) is 13.2 Å². The predicted octanol–water partition coefficient (Wildman–Crippen LogP) is 5.74. The van der Waals surface area contributed by atoms with Crippen LogP contribution in [0.4, 0.5) is 13.2 Å². The molecule has 0 unspecified atom stereocenters. The molecule has 0 bridgehead atoms. The van der Waals surface area contributed by atoms with Crippen molar-refractivity contribution in [3.63, 3.8) is 0 Å². The molecule has 0 aromatic heterocycles. The van der Waals surface area contributed by atoms with Gasteiger partial charge in [-0.3, -0.25) is 9.69 Å². The van der Waals surface area contributed by atoms with E-state index < -0.39 is 30.7 Å². The standard InChI is InChI=1S/C29H31F3N2O3/c1-33-28(35)27(20-7-5-4-6-8-20)34-16-15-21-17-25(36-2)26(37-3)18-23(21)24(34)14-11-19-9-12-22(13-10-19)29(30,31)32/h4-10,12-13,17-18,24,27H,11,14-16H2,1-3H3,(H,33,35)/t24-,27-/m0/s1/i1+1D3. The number of fused-ring (bicyclic) bond motifs is 1. The molecule has 3 aromatic carbocycles. The summed E-state index contributed by atoms with van der Waals surface area (Å²) in [5, 5.41) is 2.16. The van der Waals surface area contributed by atoms with Gasteiger partial charge in [0.1, 0.15) is 6.04 Å². The third-order valence-electron chi connectivity index (χ3n) is 6.85. The fraction of sp³-hybridized carbons (Fsp3) is 0.345. The predicted molar refractivity (Wildman–Crippen MR) is 136 cm³/mol. The van der Waals surface area contributed by atoms with E-state index >= 15 is 0 Å². The van der Waals surface area contributed by atoms with Gasteiger partial charge in [-0.15, -0.1) is 0 Å². The van der Waals surface area contributed by atoms with Crippen molar-refractivity contribution >= 4 is 5.91 Å². The zero-order valence-electron chi connectivity index (χ0n) is 23.6. The van der Waals surface area contributed by atoms with Gasteiger partial charge >= 0.3 is 6.18 Å². The fourth-order valence-electron chi connectivity index (χ4n) is 5.04. The molecule has 8 heteroatoms. The molecule has 3 aromatic rings. The quantitative estimate of drug-likeness (QED) is 0.388. The summed E-state index contributed by atoms with van der Waals surface area (Å²) >= 11 is 0. The van der Waals surface area contributed by atoms with E-state index in [1.165, 1.54) is 19.2 Å². The van der Waals surface area contributed by atoms with Crippen molar-refractivity contribution in [2.24, 2.45) is 0 Å². The third-order valence-corrected chi connectivity index (χ3v) is 6.85. The number of carbonyl (C=O) groups excluding carboxylic acids is 1. The van der Waals surface area contributed by atoms with E-state index in [4.69, 9.17) is 13.6 Å². The Bertz CT molecular complexity index is 1320. The molecule has 2 atom stereocenters. The van der Waals surface area contributed by atoms with E-state index in [2.05, 4.69) is 5.32 Å². The number of carbonyl (C=O) groups is 1. The van der Waals surface area contributed by atoms with Crippen molar-refractivity contribution in [1.82, 2.24) is 10.2 Å². The van der Waals surface area contributed by atoms with Crippen LogP contribution in [0.3, 0.4) is 0 Å². The molecular weight excluding hydrogens is 482 g/mol. The normalized spacial score (nSPS) is 18.1. The van der Waals surface area contributed by atoms with Crippen molar-refractivity contribution in [3.8, 4) is 11.5 Å². The lowest BCUT2D eigenvalue weighted by Crippen LogP contribution is -2.44. The maximum atomic E-state index is 13.5. The summed E-state index contributed by atoms with van der Waals surface area (Å²) in [5.74, 6) is 0.413. The van der Waals surface area contributed by atoms with Crippen LogP contribution in [0.15, 0.2) is 66.7 Å². The SMILES string of the molecule is [2H][13C]([2H])([2H])NC(=O)[C@H](c1ccccc1)N1CCc2cc(OC)c(OC)cc2[C@@H]1CCc1ccc(C(F)(F)F)cc1. The van der Waals surface area contributed by atoms with E-state index in [-0.39, 0.29) is 6.04 Å². The monoisotopic (exact) mass is 516 g/mol. The number of nitrogens with zero attached hydrogens (tertiary/aromatic N) is 1. The molecule has 0 aliphatic carbocycles. The van der Waals surface area contributed by atoms with E-state index in [1.54, 1.807) is 31.4 Å². The van der Waals surface area contributed by atoms with Gasteiger partial charge in [0.25, 0.3) is 0 Å². The molecule has 196 valence electrons. The van der Waals surface area contributed by atoms with Crippen LogP contribution in [0.25, 0.3) is 0 Å². The first kappa shape index (κ1) is 22.7. The van der Waals surface area contributed by atoms with Crippen molar-refractivity contribution in [1.29, 1.82) is 0 Å². The van der Waals surface area contributed by atoms with Crippen LogP contribution in [0.2, 0.25) is 0 Å². The van der Waals surface area contributed by atoms with Gasteiger partial charge in [-0.05, 0) is 65.8 Å². The Kier molecular flexibility index (Phi) is 6.89. The molecular formula is C29H31F3N2O3. The first-order valence-corrected chi connectivity index (χ1v) is 11.9. The molecule has 5 nitrogen and oxygen atoms in total. The summed E-state index contributed by atoms with van der Waals surface area (Å²) in [5.41, 5.74) is 2.51. The highest BCUT2D eigenvalue weighted by Crippen LogP contribution is 2.43. The van der Waals surface area contributed by atoms with E-state index in [1.807, 2.05) is 23.1 Å². The molecule has 4 rings (SSSR count). The van der Waals surface area contributed by atoms with Crippen LogP contribution < -0.4 is 14.8 Å². The van der Waals surface area contributed by atoms with E-state index in [0.29, 0.717) is 48.4 Å². The summed E-state index contributed by atoms with van der Waals surface area (Å²) in [6.07, 6.45) is -2.98. The molecule has 0 saturated carbocycles. The topological polar surface area (TPSA) is 50.8 Å². The van der Waals surface area contributed by atoms with Gasteiger partial charge in [-0.25, -0.2) is 0 Å². The minimum absolute atomic E-state index is 0.376. The number of rotatable bonds is 8. The zero-order chi connectivity index (χ0) is 29.1. The Morgan fingerprint density at radius 1 is 1.08 bits per heavy atom. The smallest absolute Gasteiger partial charge is 0.416 e. The Hall–Kier alpha value is -3.52. The average Bonchev–Trinajstić information content (AvgIpc) is 2.91. The molecule has 1 aliphatic heterocycles. The zero-order valence-corrected chi connectivity index (χ0v) is 20.6. The van der Waals surface area contributed by atoms with Crippen LogP contribution in [0, 0.1) is 0 Å². The lowest BCUT2D eigenvalue weighted by molar-refractivity contribution is -0.137. The first-order valence-electron chi connectivity index (χ1n) is 13.4. The number of nitrogens with one attached hydrogen (secondary N) is 1. The van der Waals surface area contributed by atoms with Crippen LogP contribution in [0.1, 0.15) is 50.4 Å². The molecule has 0 saturated heterocycles. The number of benzene rings is 3. The van der Waals surface area contributed by atoms with Gasteiger partial charge < -0.3 is 14.8 Å². The Morgan fingerprint density at radius 2 is 1.76 bits per heavy atom. The van der Waals surface area contributed by atoms with Crippen molar-refractivity contribution in [2.75, 3.05) is 27.7 Å². The summed E-state index contributed by atoms with van der Waals surface area (Å²) in [6, 6.07) is 16.5. The Morgan fingerprint density at radius 3 is 2.38 bits per heavy atom. The lowest BCUT2D eigenvalue weighted by atomic mass is 9.86. The number of hydrogen-bond donors (Lipinski definition) is 1. The van der Waals surface area contributed by atoms with Gasteiger partial charge in [0.05, 0.1) is 19.8 Å². The van der Waals surface area contributed by atoms with E-state index in [0.717, 1.165) is 23.3 Å². The molecule has 37 heavy (non-hydrogen) atoms. The molecule has 1 aliphatic rings. The number of hydrogen-bond acceptors (Lipinski definition) is 4. The van der Waals surface area contributed by atoms with Crippen LogP contribution in [-0.2, 0) is 23.8 Å². The lowest BCUT2D eigenvalue weighted by Gasteiger charge is -2.42. The van der Waals surface area contributed by atoms with Gasteiger partial charge in [-0.1, -0.05) is 42.5 Å². The highest BCUT2D eigenvalue weighted by molar-refractivity contribution is 5.83. The summed E-state index contributed by atoms with van der Waals surface area (Å²) in [6.45, 7) is -2.24. The average molecular weight is 517 g/mol. The number of aryl methyl sites for hydroxylation is 1. The molecule has 0 fully saturated rings. The number of likely N-dealkylation sites (N-methyl/N-ethyl adjacent to an activating group) is 1. The molecule has 0 spiro atoms. The van der Waals surface area contributed by atoms with Crippen molar-refractivity contribution < 1.29 is 31.6 Å². The van der Waals surface area contributed by atoms with Crippen molar-refractivity contribution in [3.05, 3.63) is 94.5 Å². The van der Waals surface area contributed by atoms with Crippen LogP contribution >= 0.6 is 0 Å². The minimum atomic E-state index is -4.42. The number of alkyl halides is 3. The summed E-state index contributed by atoms with van der Waals surface area (Å²) in [4.78, 5) is 15.4. The number of amides is 1. The minimum Gasteiger partial charge on any atom is -0.493 e. The number of ether oxygens (including phenoxy) is 2. The summed E-state index contributed by atoms with van der Waals surface area (Å²) < 4.78 is 73.2. The maximum absolute atomic E-state index is 13.5. The Balaban J connectivity index is 1.76. The van der Waals surface area contributed by atoms with Crippen LogP contribution in [0.5, 0.6) is 11.5 Å². The third kappa shape index (κ3) is 5.74. The largest absolute Gasteiger partial charge is 0.493 e. The summed E-state index contributed by atoms with van der Waals surface area (Å²) in [7, 11) is 3.07. The second kappa shape index (κ2) is 11.3. The number of methoxy groups -OCH3 is 2. The highest BCUT2D eigenvalue weighted by atomic mass is 19.4. The van der Waals surface area contributed by atoms with Gasteiger partial charge in [0, 0.05) is 23.7 Å². The maximum Gasteiger partial charge on any atom is 0.416 e. The van der Waals surface area contributed by atoms with Crippen molar-refractivity contribution in [2.45, 2.75) is 37.5 Å². The molecule has 1 amide bonds. The van der Waals surface area contributed by atoms with Gasteiger partial charge in [0.15, 0.2) is 11.5 Å². The van der Waals surface area contributed by atoms with E-state index in [9.17, 15) is 18.0 Å². The first-order chi connectivity index (χ1) is 18.9. The molecule has 1 N–H and O–H groups in total. The second-order valence-corrected chi connectivity index (χ2v) is 8.95.